The summed E-state index contributed by atoms with van der Waals surface area (Å²) in [7, 11) is 0. The highest BCUT2D eigenvalue weighted by atomic mass is 16.5. The lowest BCUT2D eigenvalue weighted by Gasteiger charge is -2.29. The number of hydrogen-bond acceptors (Lipinski definition) is 3. The largest absolute Gasteiger partial charge is 0.388 e. The molecule has 2 rings (SSSR count). The molecule has 1 saturated carbocycles. The molecule has 1 atom stereocenters. The first-order valence-corrected chi connectivity index (χ1v) is 7.19. The second-order valence-electron chi connectivity index (χ2n) is 6.00. The Morgan fingerprint density at radius 3 is 2.39 bits per heavy atom. The van der Waals surface area contributed by atoms with Crippen LogP contribution in [0.1, 0.15) is 58.3 Å². The highest BCUT2D eigenvalue weighted by molar-refractivity contribution is 5.85. The Morgan fingerprint density at radius 2 is 1.83 bits per heavy atom. The first kappa shape index (κ1) is 13.8. The van der Waals surface area contributed by atoms with Crippen LogP contribution in [0.4, 0.5) is 0 Å². The van der Waals surface area contributed by atoms with Crippen molar-refractivity contribution >= 4 is 5.91 Å². The monoisotopic (exact) mass is 255 g/mol. The van der Waals surface area contributed by atoms with E-state index in [1.807, 2.05) is 6.92 Å². The van der Waals surface area contributed by atoms with E-state index in [0.717, 1.165) is 38.5 Å². The van der Waals surface area contributed by atoms with Crippen LogP contribution in [0.2, 0.25) is 0 Å². The fraction of sp³-hybridized carbons (Fsp3) is 0.929. The van der Waals surface area contributed by atoms with Gasteiger partial charge in [-0.2, -0.15) is 0 Å². The number of nitrogens with one attached hydrogen (secondary N) is 1. The number of amides is 1. The zero-order valence-electron chi connectivity index (χ0n) is 11.3. The zero-order chi connectivity index (χ0) is 13.1. The molecule has 0 aromatic carbocycles. The molecule has 2 aliphatic rings. The van der Waals surface area contributed by atoms with Crippen LogP contribution >= 0.6 is 0 Å². The van der Waals surface area contributed by atoms with Crippen molar-refractivity contribution in [3.63, 3.8) is 0 Å². The highest BCUT2D eigenvalue weighted by Gasteiger charge is 2.39. The maximum absolute atomic E-state index is 12.1. The summed E-state index contributed by atoms with van der Waals surface area (Å²) in [5.41, 5.74) is -1.39. The molecule has 1 amide bonds. The van der Waals surface area contributed by atoms with Crippen LogP contribution in [0.5, 0.6) is 0 Å². The van der Waals surface area contributed by atoms with E-state index < -0.39 is 11.2 Å². The molecule has 1 unspecified atom stereocenters. The van der Waals surface area contributed by atoms with Crippen molar-refractivity contribution in [2.45, 2.75) is 69.5 Å². The normalized spacial score (nSPS) is 31.9. The molecule has 1 aliphatic carbocycles. The van der Waals surface area contributed by atoms with Crippen molar-refractivity contribution in [3.05, 3.63) is 0 Å². The van der Waals surface area contributed by atoms with Crippen molar-refractivity contribution in [1.82, 2.24) is 5.32 Å². The van der Waals surface area contributed by atoms with E-state index in [0.29, 0.717) is 13.2 Å². The number of carbonyl (C=O) groups excluding carboxylic acids is 1. The smallest absolute Gasteiger partial charge is 0.252 e. The minimum absolute atomic E-state index is 0.0716. The summed E-state index contributed by atoms with van der Waals surface area (Å²) in [5, 5.41) is 13.4. The summed E-state index contributed by atoms with van der Waals surface area (Å²) >= 11 is 0. The van der Waals surface area contributed by atoms with E-state index in [4.69, 9.17) is 4.74 Å². The molecular formula is C14H25NO3. The maximum Gasteiger partial charge on any atom is 0.252 e. The highest BCUT2D eigenvalue weighted by Crippen LogP contribution is 2.28. The predicted octanol–water partition coefficient (Wildman–Crippen LogP) is 1.76. The van der Waals surface area contributed by atoms with Gasteiger partial charge in [-0.25, -0.2) is 0 Å². The topological polar surface area (TPSA) is 58.6 Å². The number of ether oxygens (including phenoxy) is 1. The minimum atomic E-state index is -0.707. The van der Waals surface area contributed by atoms with Gasteiger partial charge in [0.25, 0.3) is 5.91 Å². The van der Waals surface area contributed by atoms with Crippen LogP contribution in [-0.2, 0) is 9.53 Å². The van der Waals surface area contributed by atoms with Crippen LogP contribution < -0.4 is 5.32 Å². The SMILES string of the molecule is CC1(C(=O)NCC2(O)CCCCCC2)CCCO1. The van der Waals surface area contributed by atoms with Gasteiger partial charge in [-0.1, -0.05) is 25.7 Å². The fourth-order valence-corrected chi connectivity index (χ4v) is 2.95. The van der Waals surface area contributed by atoms with Gasteiger partial charge < -0.3 is 15.2 Å². The molecule has 2 fully saturated rings. The molecule has 1 heterocycles. The van der Waals surface area contributed by atoms with Gasteiger partial charge in [0.15, 0.2) is 0 Å². The molecule has 18 heavy (non-hydrogen) atoms. The Bertz CT molecular complexity index is 289. The Morgan fingerprint density at radius 1 is 1.17 bits per heavy atom. The molecule has 0 spiro atoms. The molecular weight excluding hydrogens is 230 g/mol. The quantitative estimate of drug-likeness (QED) is 0.755. The number of hydrogen-bond donors (Lipinski definition) is 2. The fourth-order valence-electron chi connectivity index (χ4n) is 2.95. The molecule has 0 aromatic rings. The van der Waals surface area contributed by atoms with E-state index in [1.54, 1.807) is 0 Å². The third-order valence-electron chi connectivity index (χ3n) is 4.31. The van der Waals surface area contributed by atoms with Gasteiger partial charge in [0.2, 0.25) is 0 Å². The van der Waals surface area contributed by atoms with Gasteiger partial charge >= 0.3 is 0 Å². The van der Waals surface area contributed by atoms with E-state index in [9.17, 15) is 9.90 Å². The second-order valence-corrected chi connectivity index (χ2v) is 6.00. The molecule has 4 heteroatoms. The Balaban J connectivity index is 1.84. The average molecular weight is 255 g/mol. The van der Waals surface area contributed by atoms with E-state index >= 15 is 0 Å². The van der Waals surface area contributed by atoms with Crippen LogP contribution in [0, 0.1) is 0 Å². The molecule has 0 bridgehead atoms. The first-order chi connectivity index (χ1) is 8.54. The van der Waals surface area contributed by atoms with Gasteiger partial charge in [-0.15, -0.1) is 0 Å². The van der Waals surface area contributed by atoms with Gasteiger partial charge in [0.1, 0.15) is 5.60 Å². The predicted molar refractivity (Wildman–Crippen MR) is 69.3 cm³/mol. The van der Waals surface area contributed by atoms with Crippen LogP contribution in [-0.4, -0.2) is 35.4 Å². The lowest BCUT2D eigenvalue weighted by Crippen LogP contribution is -2.50. The third kappa shape index (κ3) is 3.23. The molecule has 4 nitrogen and oxygen atoms in total. The van der Waals surface area contributed by atoms with Gasteiger partial charge in [-0.05, 0) is 32.6 Å². The number of carbonyl (C=O) groups is 1. The summed E-state index contributed by atoms with van der Waals surface area (Å²) < 4.78 is 5.51. The van der Waals surface area contributed by atoms with Crippen molar-refractivity contribution in [2.75, 3.05) is 13.2 Å². The lowest BCUT2D eigenvalue weighted by molar-refractivity contribution is -0.140. The van der Waals surface area contributed by atoms with Crippen molar-refractivity contribution in [3.8, 4) is 0 Å². The average Bonchev–Trinajstić information content (AvgIpc) is 2.68. The van der Waals surface area contributed by atoms with E-state index in [-0.39, 0.29) is 5.91 Å². The Kier molecular flexibility index (Phi) is 4.28. The number of aliphatic hydroxyl groups is 1. The molecule has 1 aliphatic heterocycles. The number of rotatable bonds is 3. The van der Waals surface area contributed by atoms with Gasteiger partial charge in [0.05, 0.1) is 5.60 Å². The van der Waals surface area contributed by atoms with Gasteiger partial charge in [0, 0.05) is 13.2 Å². The minimum Gasteiger partial charge on any atom is -0.388 e. The van der Waals surface area contributed by atoms with E-state index in [1.165, 1.54) is 12.8 Å². The van der Waals surface area contributed by atoms with Crippen LogP contribution in [0.15, 0.2) is 0 Å². The lowest BCUT2D eigenvalue weighted by atomic mass is 9.93. The third-order valence-corrected chi connectivity index (χ3v) is 4.31. The second kappa shape index (κ2) is 5.57. The maximum atomic E-state index is 12.1. The standard InChI is InChI=1S/C14H25NO3/c1-13(7-6-10-18-13)12(16)15-11-14(17)8-4-2-3-5-9-14/h17H,2-11H2,1H3,(H,15,16). The first-order valence-electron chi connectivity index (χ1n) is 7.19. The van der Waals surface area contributed by atoms with Crippen molar-refractivity contribution in [1.29, 1.82) is 0 Å². The van der Waals surface area contributed by atoms with Gasteiger partial charge in [-0.3, -0.25) is 4.79 Å². The summed E-state index contributed by atoms with van der Waals surface area (Å²) in [4.78, 5) is 12.1. The summed E-state index contributed by atoms with van der Waals surface area (Å²) in [6.07, 6.45) is 7.80. The van der Waals surface area contributed by atoms with E-state index in [2.05, 4.69) is 5.32 Å². The van der Waals surface area contributed by atoms with Crippen molar-refractivity contribution < 1.29 is 14.6 Å². The molecule has 0 radical (unpaired) electrons. The Labute approximate surface area is 109 Å². The summed E-state index contributed by atoms with van der Waals surface area (Å²) in [5.74, 6) is -0.0716. The summed E-state index contributed by atoms with van der Waals surface area (Å²) in [6, 6.07) is 0. The van der Waals surface area contributed by atoms with Crippen LogP contribution in [0.25, 0.3) is 0 Å². The molecule has 1 saturated heterocycles. The molecule has 2 N–H and O–H groups in total. The molecule has 0 aromatic heterocycles. The Hall–Kier alpha value is -0.610. The summed E-state index contributed by atoms with van der Waals surface area (Å²) in [6.45, 7) is 2.87. The zero-order valence-corrected chi connectivity index (χ0v) is 11.3. The van der Waals surface area contributed by atoms with Crippen LogP contribution in [0.3, 0.4) is 0 Å². The molecule has 104 valence electrons. The van der Waals surface area contributed by atoms with Crippen molar-refractivity contribution in [2.24, 2.45) is 0 Å².